The average Bonchev–Trinajstić information content (AvgIpc) is 3.02. The maximum absolute atomic E-state index is 5.40. The largest absolute Gasteiger partial charge is 0.293 e. The first-order valence-corrected chi connectivity index (χ1v) is 5.44. The van der Waals surface area contributed by atoms with E-state index in [1.165, 1.54) is 32.1 Å². The number of nitrogens with two attached hydrogens (primary N) is 1. The van der Waals surface area contributed by atoms with Crippen molar-refractivity contribution < 1.29 is 0 Å². The maximum Gasteiger partial charge on any atom is 0.220 e. The molecule has 0 atom stereocenters. The number of guanidine groups is 1. The van der Waals surface area contributed by atoms with Gasteiger partial charge in [0.05, 0.1) is 6.04 Å². The summed E-state index contributed by atoms with van der Waals surface area (Å²) in [5.41, 5.74) is 5.84. The molecular weight excluding hydrogens is 178 g/mol. The number of hydrazine groups is 2. The molecule has 1 saturated heterocycles. The highest BCUT2D eigenvalue weighted by molar-refractivity contribution is 5.79. The van der Waals surface area contributed by atoms with Crippen LogP contribution in [0.3, 0.4) is 0 Å². The van der Waals surface area contributed by atoms with Crippen LogP contribution in [0.15, 0.2) is 4.99 Å². The Morgan fingerprint density at radius 1 is 1.21 bits per heavy atom. The van der Waals surface area contributed by atoms with E-state index in [4.69, 9.17) is 5.84 Å². The van der Waals surface area contributed by atoms with Crippen LogP contribution in [0.4, 0.5) is 0 Å². The smallest absolute Gasteiger partial charge is 0.220 e. The summed E-state index contributed by atoms with van der Waals surface area (Å²) in [4.78, 5) is 4.43. The van der Waals surface area contributed by atoms with Crippen LogP contribution >= 0.6 is 0 Å². The van der Waals surface area contributed by atoms with Gasteiger partial charge in [-0.1, -0.05) is 6.42 Å². The van der Waals surface area contributed by atoms with Crippen molar-refractivity contribution in [2.45, 2.75) is 38.1 Å². The molecule has 0 spiro atoms. The highest BCUT2D eigenvalue weighted by Gasteiger charge is 2.21. The van der Waals surface area contributed by atoms with Gasteiger partial charge in [0, 0.05) is 13.1 Å². The topological polar surface area (TPSA) is 65.7 Å². The summed E-state index contributed by atoms with van der Waals surface area (Å²) in [5, 5.41) is 2.19. The molecule has 1 aliphatic heterocycles. The molecule has 0 aromatic rings. The summed E-state index contributed by atoms with van der Waals surface area (Å²) in [6, 6.07) is 0.498. The predicted molar refractivity (Wildman–Crippen MR) is 56.3 cm³/mol. The molecule has 1 saturated carbocycles. The van der Waals surface area contributed by atoms with E-state index < -0.39 is 0 Å². The van der Waals surface area contributed by atoms with Gasteiger partial charge in [-0.05, 0) is 25.7 Å². The van der Waals surface area contributed by atoms with E-state index in [-0.39, 0.29) is 0 Å². The van der Waals surface area contributed by atoms with Gasteiger partial charge in [-0.2, -0.15) is 0 Å². The molecule has 1 aliphatic carbocycles. The van der Waals surface area contributed by atoms with Crippen molar-refractivity contribution in [1.29, 1.82) is 0 Å². The fourth-order valence-electron chi connectivity index (χ4n) is 1.64. The zero-order valence-electron chi connectivity index (χ0n) is 8.50. The highest BCUT2D eigenvalue weighted by atomic mass is 15.6. The Kier molecular flexibility index (Phi) is 3.21. The number of hydrogen-bond donors (Lipinski definition) is 3. The molecule has 1 heterocycles. The SMILES string of the molecule is NNC(=NC1CC1)NN1CCCCC1. The van der Waals surface area contributed by atoms with Gasteiger partial charge in [-0.3, -0.25) is 10.9 Å². The van der Waals surface area contributed by atoms with E-state index in [2.05, 4.69) is 20.9 Å². The lowest BCUT2D eigenvalue weighted by atomic mass is 10.2. The van der Waals surface area contributed by atoms with Gasteiger partial charge in [0.25, 0.3) is 0 Å². The minimum absolute atomic E-state index is 0.498. The predicted octanol–water partition coefficient (Wildman–Crippen LogP) is -0.0414. The van der Waals surface area contributed by atoms with E-state index in [0.29, 0.717) is 6.04 Å². The molecule has 0 amide bonds. The molecule has 0 aromatic heterocycles. The summed E-state index contributed by atoms with van der Waals surface area (Å²) < 4.78 is 0. The summed E-state index contributed by atoms with van der Waals surface area (Å²) in [6.07, 6.45) is 6.26. The molecule has 0 bridgehead atoms. The van der Waals surface area contributed by atoms with Gasteiger partial charge in [0.2, 0.25) is 5.96 Å². The van der Waals surface area contributed by atoms with Crippen LogP contribution in [-0.4, -0.2) is 30.1 Å². The first-order valence-electron chi connectivity index (χ1n) is 5.44. The van der Waals surface area contributed by atoms with E-state index in [0.717, 1.165) is 19.0 Å². The minimum Gasteiger partial charge on any atom is -0.293 e. The molecule has 2 fully saturated rings. The number of nitrogens with one attached hydrogen (secondary N) is 2. The van der Waals surface area contributed by atoms with Crippen LogP contribution < -0.4 is 16.7 Å². The monoisotopic (exact) mass is 197 g/mol. The molecule has 2 rings (SSSR count). The fraction of sp³-hybridized carbons (Fsp3) is 0.889. The van der Waals surface area contributed by atoms with Crippen molar-refractivity contribution in [3.8, 4) is 0 Å². The van der Waals surface area contributed by atoms with Crippen molar-refractivity contribution in [3.05, 3.63) is 0 Å². The second-order valence-corrected chi connectivity index (χ2v) is 4.01. The second kappa shape index (κ2) is 4.61. The van der Waals surface area contributed by atoms with Gasteiger partial charge in [-0.25, -0.2) is 15.8 Å². The fourth-order valence-corrected chi connectivity index (χ4v) is 1.64. The summed E-state index contributed by atoms with van der Waals surface area (Å²) in [5.74, 6) is 6.11. The van der Waals surface area contributed by atoms with E-state index in [1.807, 2.05) is 0 Å². The molecule has 4 N–H and O–H groups in total. The number of aliphatic imine (C=N–C) groups is 1. The first kappa shape index (κ1) is 9.73. The normalized spacial score (nSPS) is 24.8. The lowest BCUT2D eigenvalue weighted by molar-refractivity contribution is 0.191. The van der Waals surface area contributed by atoms with Crippen LogP contribution in [0.2, 0.25) is 0 Å². The standard InChI is InChI=1S/C9H19N5/c10-12-9(11-8-4-5-8)13-14-6-2-1-3-7-14/h8H,1-7,10H2,(H2,11,12,13). The Labute approximate surface area is 84.7 Å². The lowest BCUT2D eigenvalue weighted by Crippen LogP contribution is -2.52. The number of hydrogen-bond acceptors (Lipinski definition) is 3. The van der Waals surface area contributed by atoms with Gasteiger partial charge >= 0.3 is 0 Å². The Hall–Kier alpha value is -0.810. The third kappa shape index (κ3) is 2.85. The molecule has 2 aliphatic rings. The Bertz CT molecular complexity index is 205. The molecule has 14 heavy (non-hydrogen) atoms. The minimum atomic E-state index is 0.498. The molecule has 0 aromatic carbocycles. The molecular formula is C9H19N5. The third-order valence-corrected chi connectivity index (χ3v) is 2.62. The summed E-state index contributed by atoms with van der Waals surface area (Å²) in [6.45, 7) is 2.18. The number of nitrogens with zero attached hydrogens (tertiary/aromatic N) is 2. The van der Waals surface area contributed by atoms with Gasteiger partial charge in [0.15, 0.2) is 0 Å². The highest BCUT2D eigenvalue weighted by Crippen LogP contribution is 2.23. The van der Waals surface area contributed by atoms with E-state index >= 15 is 0 Å². The second-order valence-electron chi connectivity index (χ2n) is 4.01. The third-order valence-electron chi connectivity index (χ3n) is 2.62. The Morgan fingerprint density at radius 2 is 1.93 bits per heavy atom. The summed E-state index contributed by atoms with van der Waals surface area (Å²) in [7, 11) is 0. The van der Waals surface area contributed by atoms with Gasteiger partial charge in [-0.15, -0.1) is 0 Å². The van der Waals surface area contributed by atoms with Crippen molar-refractivity contribution in [3.63, 3.8) is 0 Å². The van der Waals surface area contributed by atoms with Crippen molar-refractivity contribution in [2.75, 3.05) is 13.1 Å². The van der Waals surface area contributed by atoms with E-state index in [1.54, 1.807) is 0 Å². The van der Waals surface area contributed by atoms with Crippen LogP contribution in [0.1, 0.15) is 32.1 Å². The Balaban J connectivity index is 1.80. The summed E-state index contributed by atoms with van der Waals surface area (Å²) >= 11 is 0. The van der Waals surface area contributed by atoms with Crippen LogP contribution in [0.25, 0.3) is 0 Å². The average molecular weight is 197 g/mol. The van der Waals surface area contributed by atoms with Gasteiger partial charge < -0.3 is 0 Å². The Morgan fingerprint density at radius 3 is 2.50 bits per heavy atom. The zero-order chi connectivity index (χ0) is 9.80. The molecule has 0 radical (unpaired) electrons. The lowest BCUT2D eigenvalue weighted by Gasteiger charge is -2.27. The van der Waals surface area contributed by atoms with Crippen molar-refractivity contribution in [1.82, 2.24) is 15.9 Å². The van der Waals surface area contributed by atoms with Gasteiger partial charge in [0.1, 0.15) is 0 Å². The first-order chi connectivity index (χ1) is 6.88. The molecule has 80 valence electrons. The zero-order valence-corrected chi connectivity index (χ0v) is 8.50. The molecule has 5 nitrogen and oxygen atoms in total. The molecule has 0 unspecified atom stereocenters. The van der Waals surface area contributed by atoms with Crippen LogP contribution in [-0.2, 0) is 0 Å². The van der Waals surface area contributed by atoms with E-state index in [9.17, 15) is 0 Å². The van der Waals surface area contributed by atoms with Crippen molar-refractivity contribution >= 4 is 5.96 Å². The van der Waals surface area contributed by atoms with Crippen LogP contribution in [0, 0.1) is 0 Å². The van der Waals surface area contributed by atoms with Crippen LogP contribution in [0.5, 0.6) is 0 Å². The maximum atomic E-state index is 5.40. The number of rotatable bonds is 2. The van der Waals surface area contributed by atoms with Crippen molar-refractivity contribution in [2.24, 2.45) is 10.8 Å². The quantitative estimate of drug-likeness (QED) is 0.251. The molecule has 5 heteroatoms. The number of piperidine rings is 1.